The molecule has 8 nitrogen and oxygen atoms in total. The Morgan fingerprint density at radius 3 is 3.10 bits per heavy atom. The number of methoxy groups -OCH3 is 1. The molecule has 0 saturated carbocycles. The van der Waals surface area contributed by atoms with Crippen molar-refractivity contribution in [1.29, 1.82) is 0 Å². The monoisotopic (exact) mass is 305 g/mol. The van der Waals surface area contributed by atoms with E-state index in [1.165, 1.54) is 18.9 Å². The lowest BCUT2D eigenvalue weighted by molar-refractivity contribution is -0.113. The Hall–Kier alpha value is -2.55. The number of thioether (sulfide) groups is 1. The Balaban J connectivity index is 1.78. The maximum absolute atomic E-state index is 12.1. The highest BCUT2D eigenvalue weighted by Gasteiger charge is 2.18. The van der Waals surface area contributed by atoms with Crippen LogP contribution in [0.25, 0.3) is 0 Å². The summed E-state index contributed by atoms with van der Waals surface area (Å²) in [4.78, 5) is 28.3. The van der Waals surface area contributed by atoms with Crippen LogP contribution in [0.15, 0.2) is 23.1 Å². The second-order valence-corrected chi connectivity index (χ2v) is 5.19. The molecule has 0 fully saturated rings. The van der Waals surface area contributed by atoms with Gasteiger partial charge in [-0.15, -0.1) is 16.9 Å². The third-order valence-electron chi connectivity index (χ3n) is 2.75. The highest BCUT2D eigenvalue weighted by Crippen LogP contribution is 2.32. The number of H-pyrrole nitrogens is 1. The van der Waals surface area contributed by atoms with Crippen molar-refractivity contribution in [2.45, 2.75) is 4.90 Å². The number of nitrogens with one attached hydrogen (secondary N) is 3. The summed E-state index contributed by atoms with van der Waals surface area (Å²) in [5.41, 5.74) is 1.05. The summed E-state index contributed by atoms with van der Waals surface area (Å²) in [6, 6.07) is 5.25. The van der Waals surface area contributed by atoms with Crippen LogP contribution >= 0.6 is 11.8 Å². The van der Waals surface area contributed by atoms with Crippen molar-refractivity contribution in [2.75, 3.05) is 23.5 Å². The number of aromatic nitrogens is 3. The lowest BCUT2D eigenvalue weighted by Gasteiger charge is -2.16. The molecule has 0 radical (unpaired) electrons. The van der Waals surface area contributed by atoms with E-state index in [9.17, 15) is 9.59 Å². The highest BCUT2D eigenvalue weighted by molar-refractivity contribution is 8.00. The van der Waals surface area contributed by atoms with E-state index in [0.29, 0.717) is 17.0 Å². The van der Waals surface area contributed by atoms with Gasteiger partial charge in [0, 0.05) is 10.5 Å². The SMILES string of the molecule is COc1n[nH]c(NC(=O)c2ccc3c(c2)NC(=O)CS3)n1. The number of aromatic amines is 1. The highest BCUT2D eigenvalue weighted by atomic mass is 32.2. The number of hydrogen-bond acceptors (Lipinski definition) is 6. The Bertz CT molecular complexity index is 715. The van der Waals surface area contributed by atoms with Crippen molar-refractivity contribution in [3.63, 3.8) is 0 Å². The Morgan fingerprint density at radius 1 is 1.48 bits per heavy atom. The van der Waals surface area contributed by atoms with Crippen molar-refractivity contribution in [3.8, 4) is 6.01 Å². The molecule has 2 heterocycles. The molecular weight excluding hydrogens is 294 g/mol. The van der Waals surface area contributed by atoms with Crippen LogP contribution in [0.2, 0.25) is 0 Å². The minimum atomic E-state index is -0.360. The van der Waals surface area contributed by atoms with E-state index >= 15 is 0 Å². The number of rotatable bonds is 3. The van der Waals surface area contributed by atoms with E-state index < -0.39 is 0 Å². The minimum absolute atomic E-state index is 0.0787. The Kier molecular flexibility index (Phi) is 3.48. The first-order chi connectivity index (χ1) is 10.2. The molecule has 0 unspecified atom stereocenters. The van der Waals surface area contributed by atoms with Crippen molar-refractivity contribution in [3.05, 3.63) is 23.8 Å². The molecule has 1 aliphatic rings. The predicted octanol–water partition coefficient (Wildman–Crippen LogP) is 1.11. The predicted molar refractivity (Wildman–Crippen MR) is 76.7 cm³/mol. The first-order valence-electron chi connectivity index (χ1n) is 6.00. The van der Waals surface area contributed by atoms with Gasteiger partial charge in [-0.1, -0.05) is 0 Å². The van der Waals surface area contributed by atoms with Gasteiger partial charge in [0.15, 0.2) is 0 Å². The van der Waals surface area contributed by atoms with E-state index in [0.717, 1.165) is 4.90 Å². The number of benzene rings is 1. The molecule has 2 amide bonds. The van der Waals surface area contributed by atoms with Crippen LogP contribution in [0.3, 0.4) is 0 Å². The van der Waals surface area contributed by atoms with E-state index in [1.54, 1.807) is 18.2 Å². The Labute approximate surface area is 123 Å². The third kappa shape index (κ3) is 2.82. The number of ether oxygens (including phenoxy) is 1. The van der Waals surface area contributed by atoms with E-state index in [4.69, 9.17) is 4.74 Å². The summed E-state index contributed by atoms with van der Waals surface area (Å²) < 4.78 is 4.81. The first kappa shape index (κ1) is 13.4. The molecule has 3 rings (SSSR count). The van der Waals surface area contributed by atoms with Gasteiger partial charge in [0.1, 0.15) is 0 Å². The number of nitrogens with zero attached hydrogens (tertiary/aromatic N) is 2. The smallest absolute Gasteiger partial charge is 0.336 e. The van der Waals surface area contributed by atoms with Gasteiger partial charge in [-0.05, 0) is 18.2 Å². The van der Waals surface area contributed by atoms with Crippen molar-refractivity contribution in [2.24, 2.45) is 0 Å². The van der Waals surface area contributed by atoms with Crippen LogP contribution in [0.4, 0.5) is 11.6 Å². The van der Waals surface area contributed by atoms with Gasteiger partial charge >= 0.3 is 6.01 Å². The number of hydrogen-bond donors (Lipinski definition) is 3. The largest absolute Gasteiger partial charge is 0.466 e. The van der Waals surface area contributed by atoms with Crippen LogP contribution in [-0.4, -0.2) is 39.9 Å². The number of amides is 2. The molecule has 3 N–H and O–H groups in total. The quantitative estimate of drug-likeness (QED) is 0.783. The molecule has 2 aromatic rings. The normalized spacial score (nSPS) is 13.3. The van der Waals surface area contributed by atoms with Gasteiger partial charge < -0.3 is 10.1 Å². The second kappa shape index (κ2) is 5.44. The van der Waals surface area contributed by atoms with Crippen LogP contribution < -0.4 is 15.4 Å². The molecule has 108 valence electrons. The zero-order valence-corrected chi connectivity index (χ0v) is 11.8. The van der Waals surface area contributed by atoms with E-state index in [1.807, 2.05) is 0 Å². The maximum Gasteiger partial charge on any atom is 0.336 e. The van der Waals surface area contributed by atoms with Gasteiger partial charge in [-0.25, -0.2) is 5.10 Å². The van der Waals surface area contributed by atoms with Gasteiger partial charge in [0.2, 0.25) is 11.9 Å². The summed E-state index contributed by atoms with van der Waals surface area (Å²) >= 11 is 1.44. The molecular formula is C12H11N5O3S. The number of fused-ring (bicyclic) bond motifs is 1. The first-order valence-corrected chi connectivity index (χ1v) is 6.99. The summed E-state index contributed by atoms with van der Waals surface area (Å²) in [6.07, 6.45) is 0. The zero-order valence-electron chi connectivity index (χ0n) is 11.0. The van der Waals surface area contributed by atoms with Crippen LogP contribution in [0, 0.1) is 0 Å². The van der Waals surface area contributed by atoms with E-state index in [2.05, 4.69) is 25.8 Å². The average Bonchev–Trinajstić information content (AvgIpc) is 2.94. The molecule has 1 aromatic carbocycles. The second-order valence-electron chi connectivity index (χ2n) is 4.17. The fourth-order valence-electron chi connectivity index (χ4n) is 1.80. The van der Waals surface area contributed by atoms with Crippen LogP contribution in [-0.2, 0) is 4.79 Å². The maximum atomic E-state index is 12.1. The molecule has 0 saturated heterocycles. The van der Waals surface area contributed by atoms with Crippen LogP contribution in [0.1, 0.15) is 10.4 Å². The summed E-state index contributed by atoms with van der Waals surface area (Å²) in [7, 11) is 1.43. The van der Waals surface area contributed by atoms with E-state index in [-0.39, 0.29) is 23.8 Å². The minimum Gasteiger partial charge on any atom is -0.466 e. The summed E-state index contributed by atoms with van der Waals surface area (Å²) in [5, 5.41) is 11.6. The van der Waals surface area contributed by atoms with Gasteiger partial charge in [-0.3, -0.25) is 14.9 Å². The Morgan fingerprint density at radius 2 is 2.33 bits per heavy atom. The molecule has 0 bridgehead atoms. The van der Waals surface area contributed by atoms with Gasteiger partial charge in [-0.2, -0.15) is 4.98 Å². The lowest BCUT2D eigenvalue weighted by Crippen LogP contribution is -2.20. The van der Waals surface area contributed by atoms with Crippen molar-refractivity contribution in [1.82, 2.24) is 15.2 Å². The molecule has 0 atom stereocenters. The van der Waals surface area contributed by atoms with Crippen molar-refractivity contribution < 1.29 is 14.3 Å². The third-order valence-corrected chi connectivity index (χ3v) is 3.83. The van der Waals surface area contributed by atoms with Gasteiger partial charge in [0.05, 0.1) is 18.6 Å². The number of carbonyl (C=O) groups is 2. The topological polar surface area (TPSA) is 109 Å². The van der Waals surface area contributed by atoms with Gasteiger partial charge in [0.25, 0.3) is 5.91 Å². The standard InChI is InChI=1S/C12H11N5O3S/c1-20-12-15-11(16-17-12)14-10(19)6-2-3-8-7(4-6)13-9(18)5-21-8/h2-4H,5H2,1H3,(H,13,18)(H2,14,15,16,17,19). The van der Waals surface area contributed by atoms with Crippen molar-refractivity contribution >= 4 is 35.2 Å². The zero-order chi connectivity index (χ0) is 14.8. The van der Waals surface area contributed by atoms with Crippen LogP contribution in [0.5, 0.6) is 6.01 Å². The molecule has 1 aromatic heterocycles. The number of carbonyl (C=O) groups excluding carboxylic acids is 2. The lowest BCUT2D eigenvalue weighted by atomic mass is 10.2. The average molecular weight is 305 g/mol. The summed E-state index contributed by atoms with van der Waals surface area (Å²) in [6.45, 7) is 0. The fourth-order valence-corrected chi connectivity index (χ4v) is 2.59. The fraction of sp³-hybridized carbons (Fsp3) is 0.167. The molecule has 0 spiro atoms. The summed E-state index contributed by atoms with van der Waals surface area (Å²) in [5.74, 6) is 0.135. The molecule has 0 aliphatic carbocycles. The number of anilines is 2. The molecule has 21 heavy (non-hydrogen) atoms. The molecule has 1 aliphatic heterocycles. The molecule has 9 heteroatoms.